The molecular formula is C24H27N11O. The predicted octanol–water partition coefficient (Wildman–Crippen LogP) is 2.01. The van der Waals surface area contributed by atoms with Crippen molar-refractivity contribution in [3.8, 4) is 0 Å². The number of likely N-dealkylation sites (N-methyl/N-ethyl adjacent to an activating group) is 2. The molecule has 0 aliphatic heterocycles. The molecule has 0 fully saturated rings. The van der Waals surface area contributed by atoms with Crippen molar-refractivity contribution >= 4 is 39.6 Å². The molecule has 5 rings (SSSR count). The number of hydrogen-bond acceptors (Lipinski definition) is 9. The largest absolute Gasteiger partial charge is 0.364 e. The number of nitrogens with zero attached hydrogens (tertiary/aromatic N) is 9. The number of aromatic nitrogens is 8. The highest BCUT2D eigenvalue weighted by atomic mass is 16.2. The summed E-state index contributed by atoms with van der Waals surface area (Å²) in [6.07, 6.45) is 6.33. The summed E-state index contributed by atoms with van der Waals surface area (Å²) in [5.41, 5.74) is 4.44. The fourth-order valence-corrected chi connectivity index (χ4v) is 4.03. The maximum absolute atomic E-state index is 12.6. The van der Waals surface area contributed by atoms with Gasteiger partial charge in [0.25, 0.3) is 0 Å². The number of imidazole rings is 1. The first-order valence-corrected chi connectivity index (χ1v) is 11.6. The van der Waals surface area contributed by atoms with Gasteiger partial charge in [-0.1, -0.05) is 23.4 Å². The van der Waals surface area contributed by atoms with Crippen molar-refractivity contribution in [3.63, 3.8) is 0 Å². The van der Waals surface area contributed by atoms with Gasteiger partial charge in [0.2, 0.25) is 5.91 Å². The van der Waals surface area contributed by atoms with E-state index in [0.29, 0.717) is 31.1 Å². The number of carbonyl (C=O) groups is 1. The van der Waals surface area contributed by atoms with Crippen LogP contribution in [0.25, 0.3) is 22.1 Å². The van der Waals surface area contributed by atoms with Gasteiger partial charge < -0.3 is 20.1 Å². The molecule has 0 saturated heterocycles. The Bertz CT molecular complexity index is 1500. The number of amides is 1. The van der Waals surface area contributed by atoms with Gasteiger partial charge in [-0.15, -0.1) is 5.10 Å². The van der Waals surface area contributed by atoms with E-state index in [1.54, 1.807) is 30.7 Å². The van der Waals surface area contributed by atoms with Crippen molar-refractivity contribution in [1.82, 2.24) is 44.8 Å². The lowest BCUT2D eigenvalue weighted by molar-refractivity contribution is -0.130. The highest BCUT2D eigenvalue weighted by Crippen LogP contribution is 2.26. The highest BCUT2D eigenvalue weighted by Gasteiger charge is 2.16. The van der Waals surface area contributed by atoms with Gasteiger partial charge in [-0.2, -0.15) is 0 Å². The Kier molecular flexibility index (Phi) is 6.39. The van der Waals surface area contributed by atoms with E-state index < -0.39 is 0 Å². The third kappa shape index (κ3) is 4.78. The second kappa shape index (κ2) is 9.94. The summed E-state index contributed by atoms with van der Waals surface area (Å²) in [5, 5.41) is 12.1. The topological polar surface area (TPSA) is 134 Å². The van der Waals surface area contributed by atoms with Crippen LogP contribution in [0.4, 0.5) is 11.6 Å². The molecule has 2 N–H and O–H groups in total. The second-order valence-electron chi connectivity index (χ2n) is 8.63. The minimum atomic E-state index is -0.0366. The zero-order valence-electron chi connectivity index (χ0n) is 20.4. The van der Waals surface area contributed by atoms with Crippen LogP contribution in [0, 0.1) is 6.92 Å². The van der Waals surface area contributed by atoms with E-state index in [1.807, 2.05) is 13.1 Å². The van der Waals surface area contributed by atoms with Crippen LogP contribution in [-0.4, -0.2) is 77.9 Å². The molecule has 5 aromatic rings. The van der Waals surface area contributed by atoms with Gasteiger partial charge in [0.05, 0.1) is 18.0 Å². The van der Waals surface area contributed by atoms with Crippen molar-refractivity contribution in [2.75, 3.05) is 37.4 Å². The molecule has 0 spiro atoms. The summed E-state index contributed by atoms with van der Waals surface area (Å²) >= 11 is 0. The Hall–Kier alpha value is -4.61. The van der Waals surface area contributed by atoms with Crippen LogP contribution in [0.3, 0.4) is 0 Å². The molecule has 0 aliphatic rings. The molecule has 1 aromatic carbocycles. The first kappa shape index (κ1) is 23.1. The van der Waals surface area contributed by atoms with E-state index in [4.69, 9.17) is 4.98 Å². The molecule has 0 radical (unpaired) electrons. The lowest BCUT2D eigenvalue weighted by Crippen LogP contribution is -2.37. The van der Waals surface area contributed by atoms with Crippen LogP contribution < -0.4 is 10.2 Å². The number of hydrogen-bond donors (Lipinski definition) is 2. The smallest absolute Gasteiger partial charge is 0.244 e. The van der Waals surface area contributed by atoms with Crippen LogP contribution in [-0.2, 0) is 17.9 Å². The number of aromatic amines is 1. The van der Waals surface area contributed by atoms with Crippen LogP contribution in [0.2, 0.25) is 0 Å². The van der Waals surface area contributed by atoms with E-state index in [9.17, 15) is 4.79 Å². The minimum absolute atomic E-state index is 0.0366. The molecule has 4 heterocycles. The second-order valence-corrected chi connectivity index (χ2v) is 8.63. The van der Waals surface area contributed by atoms with Crippen LogP contribution in [0.5, 0.6) is 0 Å². The molecule has 12 nitrogen and oxygen atoms in total. The highest BCUT2D eigenvalue weighted by molar-refractivity contribution is 5.85. The monoisotopic (exact) mass is 485 g/mol. The molecule has 184 valence electrons. The Morgan fingerprint density at radius 2 is 2.06 bits per heavy atom. The van der Waals surface area contributed by atoms with E-state index in [0.717, 1.165) is 33.4 Å². The van der Waals surface area contributed by atoms with Gasteiger partial charge in [-0.05, 0) is 18.6 Å². The van der Waals surface area contributed by atoms with Crippen molar-refractivity contribution in [1.29, 1.82) is 0 Å². The molecule has 12 heteroatoms. The van der Waals surface area contributed by atoms with Crippen LogP contribution in [0.15, 0.2) is 49.3 Å². The zero-order chi connectivity index (χ0) is 25.1. The number of H-pyrrole nitrogens is 1. The summed E-state index contributed by atoms with van der Waals surface area (Å²) < 4.78 is 1.52. The van der Waals surface area contributed by atoms with Crippen molar-refractivity contribution in [3.05, 3.63) is 60.4 Å². The number of carbonyl (C=O) groups excluding carboxylic acids is 1. The maximum Gasteiger partial charge on any atom is 0.244 e. The van der Waals surface area contributed by atoms with Crippen molar-refractivity contribution in [2.24, 2.45) is 0 Å². The summed E-state index contributed by atoms with van der Waals surface area (Å²) in [6, 6.07) is 8.31. The third-order valence-corrected chi connectivity index (χ3v) is 6.10. The number of benzene rings is 1. The summed E-state index contributed by atoms with van der Waals surface area (Å²) in [6.45, 7) is 3.86. The van der Waals surface area contributed by atoms with Gasteiger partial charge in [-0.25, -0.2) is 24.6 Å². The standard InChI is InChI=1S/C24H27N11O/c1-16-5-4-6-17-11-18(12-25-22-21-23(27-14-26-21)29-15-28-22)24(31-20(16)17)34(3)10-9-33(2)19(36)13-35-8-7-30-32-35/h4-8,11,14-15H,9-10,12-13H2,1-3H3,(H2,25,26,27,28,29). The molecule has 0 bridgehead atoms. The number of nitrogens with one attached hydrogen (secondary N) is 2. The van der Waals surface area contributed by atoms with Crippen LogP contribution in [0.1, 0.15) is 11.1 Å². The van der Waals surface area contributed by atoms with Crippen LogP contribution >= 0.6 is 0 Å². The van der Waals surface area contributed by atoms with Gasteiger partial charge in [0, 0.05) is 50.9 Å². The normalized spacial score (nSPS) is 11.2. The average Bonchev–Trinajstić information content (AvgIpc) is 3.58. The zero-order valence-corrected chi connectivity index (χ0v) is 20.4. The van der Waals surface area contributed by atoms with E-state index in [-0.39, 0.29) is 12.5 Å². The summed E-state index contributed by atoms with van der Waals surface area (Å²) in [7, 11) is 3.78. The first-order chi connectivity index (χ1) is 17.5. The minimum Gasteiger partial charge on any atom is -0.364 e. The van der Waals surface area contributed by atoms with Gasteiger partial charge in [-0.3, -0.25) is 4.79 Å². The number of aryl methyl sites for hydroxylation is 1. The molecule has 0 unspecified atom stereocenters. The van der Waals surface area contributed by atoms with E-state index in [1.165, 1.54) is 11.0 Å². The summed E-state index contributed by atoms with van der Waals surface area (Å²) in [5.74, 6) is 1.48. The fraction of sp³-hybridized carbons (Fsp3) is 0.292. The van der Waals surface area contributed by atoms with E-state index >= 15 is 0 Å². The maximum atomic E-state index is 12.6. The number of fused-ring (bicyclic) bond motifs is 2. The Morgan fingerprint density at radius 1 is 1.17 bits per heavy atom. The Balaban J connectivity index is 1.36. The quantitative estimate of drug-likeness (QED) is 0.321. The van der Waals surface area contributed by atoms with Crippen molar-refractivity contribution in [2.45, 2.75) is 20.0 Å². The van der Waals surface area contributed by atoms with E-state index in [2.05, 4.69) is 65.6 Å². The average molecular weight is 486 g/mol. The molecule has 0 atom stereocenters. The van der Waals surface area contributed by atoms with Gasteiger partial charge in [0.15, 0.2) is 11.5 Å². The molecule has 36 heavy (non-hydrogen) atoms. The predicted molar refractivity (Wildman–Crippen MR) is 136 cm³/mol. The molecule has 0 saturated carbocycles. The Labute approximate surface area is 207 Å². The molecule has 4 aromatic heterocycles. The number of rotatable bonds is 9. The van der Waals surface area contributed by atoms with Crippen molar-refractivity contribution < 1.29 is 4.79 Å². The third-order valence-electron chi connectivity index (χ3n) is 6.10. The number of para-hydroxylation sites is 1. The molecule has 1 amide bonds. The number of anilines is 2. The fourth-order valence-electron chi connectivity index (χ4n) is 4.03. The van der Waals surface area contributed by atoms with Gasteiger partial charge in [0.1, 0.15) is 24.2 Å². The Morgan fingerprint density at radius 3 is 2.89 bits per heavy atom. The first-order valence-electron chi connectivity index (χ1n) is 11.6. The molecular weight excluding hydrogens is 458 g/mol. The lowest BCUT2D eigenvalue weighted by Gasteiger charge is -2.25. The number of pyridine rings is 1. The lowest BCUT2D eigenvalue weighted by atomic mass is 10.1. The molecule has 0 aliphatic carbocycles. The summed E-state index contributed by atoms with van der Waals surface area (Å²) in [4.78, 5) is 37.2. The van der Waals surface area contributed by atoms with Gasteiger partial charge >= 0.3 is 0 Å². The SMILES string of the molecule is Cc1cccc2cc(CNc3ncnc4nc[nH]c34)c(N(C)CCN(C)C(=O)Cn3ccnn3)nc12.